The van der Waals surface area contributed by atoms with E-state index in [-0.39, 0.29) is 9.88 Å². The Morgan fingerprint density at radius 3 is 2.48 bits per heavy atom. The lowest BCUT2D eigenvalue weighted by Crippen LogP contribution is -2.13. The van der Waals surface area contributed by atoms with Gasteiger partial charge in [0.05, 0.1) is 21.2 Å². The molecule has 8 heteroatoms. The Morgan fingerprint density at radius 2 is 1.86 bits per heavy atom. The van der Waals surface area contributed by atoms with Gasteiger partial charge in [0.2, 0.25) is 10.0 Å². The van der Waals surface area contributed by atoms with E-state index in [9.17, 15) is 8.42 Å². The summed E-state index contributed by atoms with van der Waals surface area (Å²) in [5, 5.41) is 8.55. The highest BCUT2D eigenvalue weighted by molar-refractivity contribution is 7.89. The molecular weight excluding hydrogens is 330 g/mol. The Morgan fingerprint density at radius 1 is 1.19 bits per heavy atom. The fraction of sp³-hybridized carbons (Fsp3) is 0. The number of nitrogens with two attached hydrogens (primary N) is 2. The molecule has 0 aromatic heterocycles. The summed E-state index contributed by atoms with van der Waals surface area (Å²) in [7, 11) is -3.77. The molecule has 0 fully saturated rings. The molecule has 0 bridgehead atoms. The second-order valence-corrected chi connectivity index (χ2v) is 6.63. The third-order valence-corrected chi connectivity index (χ3v) is 4.13. The van der Waals surface area contributed by atoms with Gasteiger partial charge in [-0.05, 0) is 30.3 Å². The topological polar surface area (TPSA) is 98.2 Å². The van der Waals surface area contributed by atoms with Crippen molar-refractivity contribution in [3.05, 3.63) is 53.1 Å². The molecule has 2 aromatic carbocycles. The van der Waals surface area contributed by atoms with Crippen LogP contribution in [-0.4, -0.2) is 13.4 Å². The first kappa shape index (κ1) is 15.7. The maximum absolute atomic E-state index is 11.4. The number of nitrogens with one attached hydrogen (secondary N) is 1. The van der Waals surface area contributed by atoms with Crippen LogP contribution in [0.1, 0.15) is 5.56 Å². The predicted molar refractivity (Wildman–Crippen MR) is 88.4 cm³/mol. The summed E-state index contributed by atoms with van der Waals surface area (Å²) in [5.41, 5.74) is 7.27. The minimum atomic E-state index is -3.77. The summed E-state index contributed by atoms with van der Waals surface area (Å²) in [6.07, 6.45) is 0. The largest absolute Gasteiger partial charge is 0.389 e. The molecular formula is C13H12ClN3O2S2. The van der Waals surface area contributed by atoms with Gasteiger partial charge in [-0.2, -0.15) is 0 Å². The van der Waals surface area contributed by atoms with Gasteiger partial charge in [0.1, 0.15) is 4.99 Å². The van der Waals surface area contributed by atoms with E-state index in [2.05, 4.69) is 5.32 Å². The van der Waals surface area contributed by atoms with Crippen LogP contribution < -0.4 is 16.2 Å². The zero-order valence-electron chi connectivity index (χ0n) is 10.7. The average molecular weight is 342 g/mol. The summed E-state index contributed by atoms with van der Waals surface area (Å²) >= 11 is 11.0. The van der Waals surface area contributed by atoms with E-state index in [4.69, 9.17) is 34.7 Å². The monoisotopic (exact) mass is 341 g/mol. The fourth-order valence-electron chi connectivity index (χ4n) is 1.79. The number of hydrogen-bond donors (Lipinski definition) is 3. The molecule has 2 aromatic rings. The molecule has 5 nitrogen and oxygen atoms in total. The fourth-order valence-corrected chi connectivity index (χ4v) is 2.90. The van der Waals surface area contributed by atoms with Crippen LogP contribution in [0.4, 0.5) is 11.4 Å². The Balaban J connectivity index is 2.44. The Kier molecular flexibility index (Phi) is 4.48. The van der Waals surface area contributed by atoms with Gasteiger partial charge in [-0.3, -0.25) is 0 Å². The van der Waals surface area contributed by atoms with E-state index in [1.54, 1.807) is 30.3 Å². The van der Waals surface area contributed by atoms with E-state index in [0.717, 1.165) is 0 Å². The third-order valence-electron chi connectivity index (χ3n) is 2.70. The van der Waals surface area contributed by atoms with Crippen molar-refractivity contribution >= 4 is 50.2 Å². The molecule has 0 heterocycles. The molecule has 0 radical (unpaired) electrons. The Hall–Kier alpha value is -1.67. The van der Waals surface area contributed by atoms with Crippen LogP contribution in [0, 0.1) is 0 Å². The van der Waals surface area contributed by atoms with Crippen LogP contribution in [0.5, 0.6) is 0 Å². The van der Waals surface area contributed by atoms with Crippen LogP contribution in [0.2, 0.25) is 5.02 Å². The van der Waals surface area contributed by atoms with Crippen LogP contribution in [0.3, 0.4) is 0 Å². The van der Waals surface area contributed by atoms with Crippen molar-refractivity contribution in [2.45, 2.75) is 4.90 Å². The smallest absolute Gasteiger partial charge is 0.238 e. The Labute approximate surface area is 133 Å². The van der Waals surface area contributed by atoms with Crippen molar-refractivity contribution in [1.82, 2.24) is 0 Å². The number of halogens is 1. The molecule has 110 valence electrons. The average Bonchev–Trinajstić information content (AvgIpc) is 2.37. The molecule has 0 saturated carbocycles. The molecule has 2 rings (SSSR count). The van der Waals surface area contributed by atoms with Gasteiger partial charge in [0, 0.05) is 5.69 Å². The van der Waals surface area contributed by atoms with Gasteiger partial charge in [-0.15, -0.1) is 0 Å². The van der Waals surface area contributed by atoms with E-state index in [0.29, 0.717) is 22.0 Å². The first-order valence-corrected chi connectivity index (χ1v) is 8.10. The number of primary sulfonamides is 1. The van der Waals surface area contributed by atoms with Crippen molar-refractivity contribution < 1.29 is 8.42 Å². The molecule has 0 aliphatic heterocycles. The van der Waals surface area contributed by atoms with Crippen molar-refractivity contribution in [1.29, 1.82) is 0 Å². The van der Waals surface area contributed by atoms with Crippen LogP contribution >= 0.6 is 23.8 Å². The number of sulfonamides is 1. The maximum atomic E-state index is 11.4. The number of anilines is 2. The minimum Gasteiger partial charge on any atom is -0.389 e. The molecule has 0 unspecified atom stereocenters. The van der Waals surface area contributed by atoms with Gasteiger partial charge >= 0.3 is 0 Å². The molecule has 0 spiro atoms. The lowest BCUT2D eigenvalue weighted by Gasteiger charge is -2.13. The summed E-state index contributed by atoms with van der Waals surface area (Å²) in [5.74, 6) is 0. The number of benzene rings is 2. The molecule has 0 amide bonds. The number of thiocarbonyl (C=S) groups is 1. The summed E-state index contributed by atoms with van der Waals surface area (Å²) < 4.78 is 22.7. The lowest BCUT2D eigenvalue weighted by atomic mass is 10.1. The minimum absolute atomic E-state index is 0.00593. The molecule has 0 atom stereocenters. The number of hydrogen-bond acceptors (Lipinski definition) is 4. The zero-order chi connectivity index (χ0) is 15.6. The summed E-state index contributed by atoms with van der Waals surface area (Å²) in [6, 6.07) is 11.2. The van der Waals surface area contributed by atoms with Crippen molar-refractivity contribution in [3.63, 3.8) is 0 Å². The second-order valence-electron chi connectivity index (χ2n) is 4.22. The standard InChI is InChI=1S/C13H12ClN3O2S2/c14-10-5-2-6-11(12(10)13(15)20)17-8-3-1-4-9(7-8)21(16,18)19/h1-7,17H,(H2,15,20)(H2,16,18,19). The van der Waals surface area contributed by atoms with Crippen LogP contribution in [0.15, 0.2) is 47.4 Å². The van der Waals surface area contributed by atoms with Gasteiger partial charge in [-0.25, -0.2) is 13.6 Å². The van der Waals surface area contributed by atoms with Crippen molar-refractivity contribution in [2.24, 2.45) is 10.9 Å². The van der Waals surface area contributed by atoms with E-state index in [1.165, 1.54) is 12.1 Å². The highest BCUT2D eigenvalue weighted by Crippen LogP contribution is 2.27. The van der Waals surface area contributed by atoms with E-state index >= 15 is 0 Å². The molecule has 21 heavy (non-hydrogen) atoms. The Bertz CT molecular complexity index is 807. The summed E-state index contributed by atoms with van der Waals surface area (Å²) in [6.45, 7) is 0. The van der Waals surface area contributed by atoms with Gasteiger partial charge < -0.3 is 11.1 Å². The highest BCUT2D eigenvalue weighted by atomic mass is 35.5. The molecule has 0 aliphatic carbocycles. The van der Waals surface area contributed by atoms with Crippen molar-refractivity contribution in [2.75, 3.05) is 5.32 Å². The second kappa shape index (κ2) is 5.98. The predicted octanol–water partition coefficient (Wildman–Crippen LogP) is 2.37. The SMILES string of the molecule is NC(=S)c1c(Cl)cccc1Nc1cccc(S(N)(=O)=O)c1. The number of rotatable bonds is 4. The van der Waals surface area contributed by atoms with E-state index in [1.807, 2.05) is 0 Å². The molecule has 0 saturated heterocycles. The van der Waals surface area contributed by atoms with Crippen LogP contribution in [0.25, 0.3) is 0 Å². The first-order chi connectivity index (χ1) is 9.79. The molecule has 0 aliphatic rings. The highest BCUT2D eigenvalue weighted by Gasteiger charge is 2.12. The van der Waals surface area contributed by atoms with E-state index < -0.39 is 10.0 Å². The zero-order valence-corrected chi connectivity index (χ0v) is 13.1. The lowest BCUT2D eigenvalue weighted by molar-refractivity contribution is 0.598. The maximum Gasteiger partial charge on any atom is 0.238 e. The first-order valence-electron chi connectivity index (χ1n) is 5.77. The van der Waals surface area contributed by atoms with Crippen molar-refractivity contribution in [3.8, 4) is 0 Å². The summed E-state index contributed by atoms with van der Waals surface area (Å²) in [4.78, 5) is 0.150. The van der Waals surface area contributed by atoms with Gasteiger partial charge in [0.25, 0.3) is 0 Å². The van der Waals surface area contributed by atoms with Crippen LogP contribution in [-0.2, 0) is 10.0 Å². The molecule has 5 N–H and O–H groups in total. The quantitative estimate of drug-likeness (QED) is 0.741. The normalized spacial score (nSPS) is 11.1. The third kappa shape index (κ3) is 3.70. The van der Waals surface area contributed by atoms with Gasteiger partial charge in [-0.1, -0.05) is 36.0 Å². The van der Waals surface area contributed by atoms with Gasteiger partial charge in [0.15, 0.2) is 0 Å².